The van der Waals surface area contributed by atoms with E-state index in [-0.39, 0.29) is 11.7 Å². The van der Waals surface area contributed by atoms with Gasteiger partial charge in [0.15, 0.2) is 15.2 Å². The predicted molar refractivity (Wildman–Crippen MR) is 117 cm³/mol. The third-order valence-electron chi connectivity index (χ3n) is 5.40. The molecule has 9 heteroatoms. The molecular weight excluding hydrogens is 440 g/mol. The third kappa shape index (κ3) is 2.98. The Labute approximate surface area is 184 Å². The quantitative estimate of drug-likeness (QED) is 0.396. The zero-order valence-electron chi connectivity index (χ0n) is 15.6. The second-order valence-electron chi connectivity index (χ2n) is 7.28. The van der Waals surface area contributed by atoms with Gasteiger partial charge in [0.25, 0.3) is 0 Å². The number of rotatable bonds is 3. The minimum absolute atomic E-state index is 0.175. The molecule has 0 amide bonds. The van der Waals surface area contributed by atoms with Crippen LogP contribution in [-0.4, -0.2) is 21.0 Å². The van der Waals surface area contributed by atoms with E-state index in [1.54, 1.807) is 17.5 Å². The van der Waals surface area contributed by atoms with Crippen LogP contribution in [0.1, 0.15) is 36.5 Å². The highest BCUT2D eigenvalue weighted by atomic mass is 35.5. The van der Waals surface area contributed by atoms with Gasteiger partial charge in [0, 0.05) is 28.3 Å². The maximum Gasteiger partial charge on any atom is 0.167 e. The number of carbonyl (C=O) groups is 1. The zero-order chi connectivity index (χ0) is 20.2. The Morgan fingerprint density at radius 1 is 1.23 bits per heavy atom. The molecule has 150 valence electrons. The lowest BCUT2D eigenvalue weighted by molar-refractivity contribution is -0.116. The van der Waals surface area contributed by atoms with Gasteiger partial charge in [0.1, 0.15) is 11.6 Å². The van der Waals surface area contributed by atoms with Crippen LogP contribution in [0.2, 0.25) is 5.02 Å². The van der Waals surface area contributed by atoms with Crippen LogP contribution in [0.3, 0.4) is 0 Å². The summed E-state index contributed by atoms with van der Waals surface area (Å²) < 4.78 is 8.18. The Morgan fingerprint density at radius 3 is 3.10 bits per heavy atom. The van der Waals surface area contributed by atoms with Gasteiger partial charge >= 0.3 is 0 Å². The predicted octanol–water partition coefficient (Wildman–Crippen LogP) is 5.98. The van der Waals surface area contributed by atoms with Gasteiger partial charge < -0.3 is 9.73 Å². The number of hydrogen-bond acceptors (Lipinski definition) is 7. The Morgan fingerprint density at radius 2 is 2.17 bits per heavy atom. The number of carbonyl (C=O) groups excluding carboxylic acids is 1. The molecule has 4 heterocycles. The summed E-state index contributed by atoms with van der Waals surface area (Å²) in [6.07, 6.45) is 4.06. The fourth-order valence-corrected chi connectivity index (χ4v) is 6.21. The largest absolute Gasteiger partial charge is 0.453 e. The number of Topliss-reactive ketones (excluding diaryl/α,β-unsaturated/α-hetero) is 1. The summed E-state index contributed by atoms with van der Waals surface area (Å²) in [4.78, 5) is 17.4. The number of thiazole rings is 1. The number of nitrogens with zero attached hydrogens (tertiary/aromatic N) is 2. The number of anilines is 1. The Hall–Kier alpha value is -2.55. The molecule has 2 N–H and O–H groups in total. The SMILES string of the molecule is O=C1CCCC2=C1C(c1ccc(Sc3nc4cc(Cl)ccc4s3)o1)c1cn[nH]c1N2. The van der Waals surface area contributed by atoms with Crippen LogP contribution in [0, 0.1) is 0 Å². The van der Waals surface area contributed by atoms with Crippen LogP contribution in [0.15, 0.2) is 61.6 Å². The molecule has 1 unspecified atom stereocenters. The molecule has 2 aliphatic rings. The summed E-state index contributed by atoms with van der Waals surface area (Å²) in [7, 11) is 0. The summed E-state index contributed by atoms with van der Waals surface area (Å²) in [6.45, 7) is 0. The van der Waals surface area contributed by atoms with E-state index in [9.17, 15) is 4.79 Å². The van der Waals surface area contributed by atoms with Crippen molar-refractivity contribution in [2.24, 2.45) is 0 Å². The molecule has 1 aromatic carbocycles. The summed E-state index contributed by atoms with van der Waals surface area (Å²) in [5, 5.41) is 11.9. The van der Waals surface area contributed by atoms with Crippen molar-refractivity contribution in [3.8, 4) is 0 Å². The van der Waals surface area contributed by atoms with Crippen molar-refractivity contribution in [3.63, 3.8) is 0 Å². The third-order valence-corrected chi connectivity index (χ3v) is 7.66. The Kier molecular flexibility index (Phi) is 4.26. The molecule has 0 bridgehead atoms. The van der Waals surface area contributed by atoms with Crippen molar-refractivity contribution >= 4 is 56.5 Å². The molecule has 0 fully saturated rings. The van der Waals surface area contributed by atoms with Crippen molar-refractivity contribution in [2.45, 2.75) is 34.6 Å². The van der Waals surface area contributed by atoms with E-state index >= 15 is 0 Å². The molecule has 3 aromatic heterocycles. The van der Waals surface area contributed by atoms with Crippen molar-refractivity contribution in [1.82, 2.24) is 15.2 Å². The average Bonchev–Trinajstić information content (AvgIpc) is 3.45. The molecule has 30 heavy (non-hydrogen) atoms. The number of aromatic nitrogens is 3. The average molecular weight is 455 g/mol. The molecule has 0 saturated carbocycles. The first-order valence-corrected chi connectivity index (χ1v) is 11.6. The summed E-state index contributed by atoms with van der Waals surface area (Å²) >= 11 is 9.15. The maximum atomic E-state index is 12.8. The Balaban J connectivity index is 1.36. The first-order valence-electron chi connectivity index (χ1n) is 9.56. The molecule has 0 saturated heterocycles. The van der Waals surface area contributed by atoms with Gasteiger partial charge in [-0.2, -0.15) is 5.10 Å². The van der Waals surface area contributed by atoms with E-state index in [2.05, 4.69) is 20.5 Å². The molecular formula is C21H15ClN4O2S2. The fourth-order valence-electron chi connectivity index (χ4n) is 4.10. The fraction of sp³-hybridized carbons (Fsp3) is 0.190. The lowest BCUT2D eigenvalue weighted by Crippen LogP contribution is -2.26. The highest BCUT2D eigenvalue weighted by Crippen LogP contribution is 2.46. The molecule has 1 aliphatic carbocycles. The van der Waals surface area contributed by atoms with Gasteiger partial charge in [-0.25, -0.2) is 4.98 Å². The molecule has 0 radical (unpaired) electrons. The number of nitrogens with one attached hydrogen (secondary N) is 2. The van der Waals surface area contributed by atoms with Crippen LogP contribution in [0.25, 0.3) is 10.2 Å². The number of ketones is 1. The topological polar surface area (TPSA) is 83.8 Å². The number of aromatic amines is 1. The van der Waals surface area contributed by atoms with Crippen LogP contribution in [-0.2, 0) is 4.79 Å². The van der Waals surface area contributed by atoms with Crippen molar-refractivity contribution in [3.05, 3.63) is 64.1 Å². The molecule has 6 rings (SSSR count). The van der Waals surface area contributed by atoms with Crippen LogP contribution >= 0.6 is 34.7 Å². The molecule has 1 aliphatic heterocycles. The van der Waals surface area contributed by atoms with Gasteiger partial charge in [0.2, 0.25) is 0 Å². The minimum Gasteiger partial charge on any atom is -0.453 e. The number of furan rings is 1. The second kappa shape index (κ2) is 7.01. The summed E-state index contributed by atoms with van der Waals surface area (Å²) in [5.41, 5.74) is 3.59. The first-order chi connectivity index (χ1) is 14.7. The van der Waals surface area contributed by atoms with E-state index in [1.807, 2.05) is 30.3 Å². The van der Waals surface area contributed by atoms with E-state index in [4.69, 9.17) is 16.0 Å². The number of hydrogen-bond donors (Lipinski definition) is 2. The lowest BCUT2D eigenvalue weighted by Gasteiger charge is -2.30. The maximum absolute atomic E-state index is 12.8. The highest BCUT2D eigenvalue weighted by Gasteiger charge is 2.37. The number of benzene rings is 1. The van der Waals surface area contributed by atoms with Crippen molar-refractivity contribution in [1.29, 1.82) is 0 Å². The number of H-pyrrole nitrogens is 1. The van der Waals surface area contributed by atoms with Gasteiger partial charge in [-0.3, -0.25) is 9.89 Å². The van der Waals surface area contributed by atoms with E-state index in [0.717, 1.165) is 60.9 Å². The van der Waals surface area contributed by atoms with E-state index < -0.39 is 0 Å². The second-order valence-corrected chi connectivity index (χ2v) is 10.00. The van der Waals surface area contributed by atoms with Crippen LogP contribution in [0.5, 0.6) is 0 Å². The lowest BCUT2D eigenvalue weighted by atomic mass is 9.79. The van der Waals surface area contributed by atoms with Gasteiger partial charge in [-0.1, -0.05) is 11.6 Å². The highest BCUT2D eigenvalue weighted by molar-refractivity contribution is 8.01. The molecule has 1 atom stereocenters. The molecule has 6 nitrogen and oxygen atoms in total. The normalized spacial score (nSPS) is 18.4. The van der Waals surface area contributed by atoms with E-state index in [1.165, 1.54) is 11.8 Å². The number of allylic oxidation sites excluding steroid dienone is 2. The van der Waals surface area contributed by atoms with Crippen molar-refractivity contribution < 1.29 is 9.21 Å². The van der Waals surface area contributed by atoms with Gasteiger partial charge in [0.05, 0.1) is 22.3 Å². The zero-order valence-corrected chi connectivity index (χ0v) is 18.0. The minimum atomic E-state index is -0.244. The first kappa shape index (κ1) is 18.2. The number of halogens is 1. The van der Waals surface area contributed by atoms with Crippen LogP contribution in [0.4, 0.5) is 5.82 Å². The summed E-state index contributed by atoms with van der Waals surface area (Å²) in [5.74, 6) is 1.51. The molecule has 4 aromatic rings. The van der Waals surface area contributed by atoms with Crippen molar-refractivity contribution in [2.75, 3.05) is 5.32 Å². The smallest absolute Gasteiger partial charge is 0.167 e. The van der Waals surface area contributed by atoms with Gasteiger partial charge in [-0.15, -0.1) is 11.3 Å². The molecule has 0 spiro atoms. The van der Waals surface area contributed by atoms with Gasteiger partial charge in [-0.05, 0) is 54.9 Å². The number of fused-ring (bicyclic) bond motifs is 2. The summed E-state index contributed by atoms with van der Waals surface area (Å²) in [6, 6.07) is 9.60. The van der Waals surface area contributed by atoms with E-state index in [0.29, 0.717) is 11.4 Å². The van der Waals surface area contributed by atoms with Crippen LogP contribution < -0.4 is 5.32 Å². The Bertz CT molecular complexity index is 1340. The standard InChI is InChI=1S/C21H15ClN4O2S2/c22-10-4-6-16-13(8-10)25-21(29-16)30-17-7-5-15(28-17)18-11-9-23-26-20(11)24-12-2-1-3-14(27)19(12)18/h4-9,18H,1-3H2,(H2,23,24,26). The monoisotopic (exact) mass is 454 g/mol.